The van der Waals surface area contributed by atoms with E-state index in [0.29, 0.717) is 5.92 Å². The number of nitrogens with zero attached hydrogens (tertiary/aromatic N) is 3. The molecule has 0 unspecified atom stereocenters. The number of imidazole rings is 1. The van der Waals surface area contributed by atoms with Gasteiger partial charge in [-0.2, -0.15) is 0 Å². The molecule has 0 spiro atoms. The molecule has 118 valence electrons. The molecule has 0 aliphatic carbocycles. The molecule has 0 bridgehead atoms. The molecule has 0 radical (unpaired) electrons. The molecule has 4 heteroatoms. The first kappa shape index (κ1) is 14.4. The smallest absolute Gasteiger partial charge is 0.107 e. The number of para-hydroxylation sites is 2. The molecule has 1 aliphatic heterocycles. The summed E-state index contributed by atoms with van der Waals surface area (Å²) in [5.41, 5.74) is 3.52. The first-order chi connectivity index (χ1) is 11.4. The van der Waals surface area contributed by atoms with Crippen molar-refractivity contribution in [1.82, 2.24) is 19.9 Å². The van der Waals surface area contributed by atoms with Crippen LogP contribution in [0, 0.1) is 5.92 Å². The minimum atomic E-state index is 0.681. The summed E-state index contributed by atoms with van der Waals surface area (Å²) in [6.45, 7) is 3.34. The van der Waals surface area contributed by atoms with Gasteiger partial charge in [-0.15, -0.1) is 0 Å². The standard InChI is InChI=1S/C19H22N4/c1-2-8-18-17(7-1)21-19(22-18)11-15-6-4-10-23(13-15)14-16-5-3-9-20-12-16/h1-3,5,7-9,12,15H,4,6,10-11,13-14H2,(H,21,22)/t15-/m1/s1. The molecule has 0 amide bonds. The van der Waals surface area contributed by atoms with Crippen LogP contribution in [0.25, 0.3) is 11.0 Å². The van der Waals surface area contributed by atoms with E-state index in [1.807, 2.05) is 24.5 Å². The van der Waals surface area contributed by atoms with Crippen molar-refractivity contribution in [2.45, 2.75) is 25.8 Å². The maximum absolute atomic E-state index is 4.73. The van der Waals surface area contributed by atoms with Crippen molar-refractivity contribution in [1.29, 1.82) is 0 Å². The van der Waals surface area contributed by atoms with E-state index in [-0.39, 0.29) is 0 Å². The second kappa shape index (κ2) is 6.50. The lowest BCUT2D eigenvalue weighted by molar-refractivity contribution is 0.166. The third-order valence-corrected chi connectivity index (χ3v) is 4.65. The number of nitrogens with one attached hydrogen (secondary N) is 1. The molecular formula is C19H22N4. The van der Waals surface area contributed by atoms with Crippen LogP contribution in [-0.2, 0) is 13.0 Å². The summed E-state index contributed by atoms with van der Waals surface area (Å²) in [5.74, 6) is 1.81. The summed E-state index contributed by atoms with van der Waals surface area (Å²) in [5, 5.41) is 0. The van der Waals surface area contributed by atoms with Gasteiger partial charge in [0.15, 0.2) is 0 Å². The Morgan fingerprint density at radius 3 is 3.00 bits per heavy atom. The lowest BCUT2D eigenvalue weighted by atomic mass is 9.94. The highest BCUT2D eigenvalue weighted by atomic mass is 15.1. The van der Waals surface area contributed by atoms with Gasteiger partial charge in [-0.05, 0) is 49.1 Å². The van der Waals surface area contributed by atoms with Crippen LogP contribution < -0.4 is 0 Å². The highest BCUT2D eigenvalue weighted by molar-refractivity contribution is 5.74. The molecule has 23 heavy (non-hydrogen) atoms. The van der Waals surface area contributed by atoms with E-state index >= 15 is 0 Å². The van der Waals surface area contributed by atoms with Crippen LogP contribution >= 0.6 is 0 Å². The van der Waals surface area contributed by atoms with E-state index in [9.17, 15) is 0 Å². The molecule has 1 aliphatic rings. The Morgan fingerprint density at radius 2 is 2.13 bits per heavy atom. The third-order valence-electron chi connectivity index (χ3n) is 4.65. The van der Waals surface area contributed by atoms with Crippen molar-refractivity contribution < 1.29 is 0 Å². The molecule has 1 atom stereocenters. The normalized spacial score (nSPS) is 19.2. The van der Waals surface area contributed by atoms with E-state index in [0.717, 1.165) is 36.4 Å². The van der Waals surface area contributed by atoms with Gasteiger partial charge in [0.1, 0.15) is 5.82 Å². The molecule has 1 N–H and O–H groups in total. The number of hydrogen-bond acceptors (Lipinski definition) is 3. The van der Waals surface area contributed by atoms with Gasteiger partial charge in [-0.1, -0.05) is 18.2 Å². The molecule has 1 saturated heterocycles. The van der Waals surface area contributed by atoms with Gasteiger partial charge in [0.05, 0.1) is 11.0 Å². The molecule has 0 saturated carbocycles. The van der Waals surface area contributed by atoms with Crippen molar-refractivity contribution >= 4 is 11.0 Å². The number of benzene rings is 1. The number of H-pyrrole nitrogens is 1. The zero-order chi connectivity index (χ0) is 15.5. The molecule has 4 nitrogen and oxygen atoms in total. The van der Waals surface area contributed by atoms with Crippen LogP contribution in [0.15, 0.2) is 48.8 Å². The van der Waals surface area contributed by atoms with Gasteiger partial charge in [-0.25, -0.2) is 4.98 Å². The topological polar surface area (TPSA) is 44.8 Å². The Labute approximate surface area is 136 Å². The van der Waals surface area contributed by atoms with Gasteiger partial charge in [-0.3, -0.25) is 9.88 Å². The van der Waals surface area contributed by atoms with Crippen LogP contribution in [0.2, 0.25) is 0 Å². The predicted octanol–water partition coefficient (Wildman–Crippen LogP) is 3.41. The summed E-state index contributed by atoms with van der Waals surface area (Å²) < 4.78 is 0. The van der Waals surface area contributed by atoms with Crippen molar-refractivity contribution in [3.63, 3.8) is 0 Å². The Balaban J connectivity index is 1.41. The Morgan fingerprint density at radius 1 is 1.17 bits per heavy atom. The summed E-state index contributed by atoms with van der Waals surface area (Å²) in [4.78, 5) is 15.0. The van der Waals surface area contributed by atoms with Crippen LogP contribution in [0.4, 0.5) is 0 Å². The lowest BCUT2D eigenvalue weighted by Gasteiger charge is -2.32. The highest BCUT2D eigenvalue weighted by Gasteiger charge is 2.21. The van der Waals surface area contributed by atoms with E-state index in [2.05, 4.69) is 39.1 Å². The summed E-state index contributed by atoms with van der Waals surface area (Å²) in [6.07, 6.45) is 7.41. The van der Waals surface area contributed by atoms with Crippen molar-refractivity contribution in [2.24, 2.45) is 5.92 Å². The number of fused-ring (bicyclic) bond motifs is 1. The molecular weight excluding hydrogens is 284 g/mol. The number of piperidine rings is 1. The first-order valence-corrected chi connectivity index (χ1v) is 8.42. The number of likely N-dealkylation sites (tertiary alicyclic amines) is 1. The van der Waals surface area contributed by atoms with Crippen LogP contribution in [-0.4, -0.2) is 32.9 Å². The predicted molar refractivity (Wildman–Crippen MR) is 92.0 cm³/mol. The molecule has 1 aromatic carbocycles. The van der Waals surface area contributed by atoms with Gasteiger partial charge in [0, 0.05) is 31.9 Å². The number of pyridine rings is 1. The quantitative estimate of drug-likeness (QED) is 0.803. The Hall–Kier alpha value is -2.20. The highest BCUT2D eigenvalue weighted by Crippen LogP contribution is 2.22. The fourth-order valence-corrected chi connectivity index (χ4v) is 3.59. The monoisotopic (exact) mass is 306 g/mol. The fraction of sp³-hybridized carbons (Fsp3) is 0.368. The van der Waals surface area contributed by atoms with Gasteiger partial charge < -0.3 is 4.98 Å². The van der Waals surface area contributed by atoms with Crippen LogP contribution in [0.1, 0.15) is 24.2 Å². The molecule has 4 rings (SSSR count). The number of aromatic amines is 1. The van der Waals surface area contributed by atoms with Gasteiger partial charge in [0.2, 0.25) is 0 Å². The van der Waals surface area contributed by atoms with E-state index < -0.39 is 0 Å². The third kappa shape index (κ3) is 3.42. The maximum atomic E-state index is 4.73. The molecule has 3 aromatic rings. The lowest BCUT2D eigenvalue weighted by Crippen LogP contribution is -2.35. The van der Waals surface area contributed by atoms with E-state index in [1.165, 1.54) is 24.9 Å². The summed E-state index contributed by atoms with van der Waals surface area (Å²) in [7, 11) is 0. The number of rotatable bonds is 4. The van der Waals surface area contributed by atoms with E-state index in [4.69, 9.17) is 4.98 Å². The minimum absolute atomic E-state index is 0.681. The maximum Gasteiger partial charge on any atom is 0.107 e. The number of hydrogen-bond donors (Lipinski definition) is 1. The molecule has 2 aromatic heterocycles. The van der Waals surface area contributed by atoms with Crippen molar-refractivity contribution in [3.8, 4) is 0 Å². The zero-order valence-electron chi connectivity index (χ0n) is 13.3. The largest absolute Gasteiger partial charge is 0.342 e. The SMILES string of the molecule is c1cncc(CN2CCC[C@H](Cc3nc4ccccc4[nH]3)C2)c1. The second-order valence-corrected chi connectivity index (χ2v) is 6.51. The Kier molecular flexibility index (Phi) is 4.07. The summed E-state index contributed by atoms with van der Waals surface area (Å²) in [6, 6.07) is 12.5. The van der Waals surface area contributed by atoms with Crippen LogP contribution in [0.3, 0.4) is 0 Å². The van der Waals surface area contributed by atoms with E-state index in [1.54, 1.807) is 0 Å². The average molecular weight is 306 g/mol. The second-order valence-electron chi connectivity index (χ2n) is 6.51. The van der Waals surface area contributed by atoms with Gasteiger partial charge in [0.25, 0.3) is 0 Å². The average Bonchev–Trinajstić information content (AvgIpc) is 2.98. The summed E-state index contributed by atoms with van der Waals surface area (Å²) >= 11 is 0. The minimum Gasteiger partial charge on any atom is -0.342 e. The van der Waals surface area contributed by atoms with Crippen molar-refractivity contribution in [2.75, 3.05) is 13.1 Å². The zero-order valence-corrected chi connectivity index (χ0v) is 13.3. The van der Waals surface area contributed by atoms with Crippen LogP contribution in [0.5, 0.6) is 0 Å². The first-order valence-electron chi connectivity index (χ1n) is 8.42. The Bertz CT molecular complexity index is 732. The van der Waals surface area contributed by atoms with Crippen molar-refractivity contribution in [3.05, 3.63) is 60.2 Å². The number of aromatic nitrogens is 3. The fourth-order valence-electron chi connectivity index (χ4n) is 3.59. The van der Waals surface area contributed by atoms with Gasteiger partial charge >= 0.3 is 0 Å². The molecule has 1 fully saturated rings. The molecule has 3 heterocycles.